The Bertz CT molecular complexity index is 546. The van der Waals surface area contributed by atoms with Crippen LogP contribution in [0.5, 0.6) is 0 Å². The van der Waals surface area contributed by atoms with Gasteiger partial charge in [0, 0.05) is 19.2 Å². The number of hydrogen-bond acceptors (Lipinski definition) is 4. The summed E-state index contributed by atoms with van der Waals surface area (Å²) in [7, 11) is 0. The molecule has 0 saturated heterocycles. The third-order valence-corrected chi connectivity index (χ3v) is 3.23. The van der Waals surface area contributed by atoms with Gasteiger partial charge >= 0.3 is 0 Å². The van der Waals surface area contributed by atoms with Crippen LogP contribution >= 0.6 is 0 Å². The number of nitrogens with zero attached hydrogens (tertiary/aromatic N) is 2. The van der Waals surface area contributed by atoms with Crippen molar-refractivity contribution >= 4 is 11.6 Å². The maximum atomic E-state index is 13.3. The Kier molecular flexibility index (Phi) is 5.37. The molecule has 21 heavy (non-hydrogen) atoms. The van der Waals surface area contributed by atoms with Crippen LogP contribution in [0.15, 0.2) is 18.2 Å². The minimum absolute atomic E-state index is 0.241. The molecule has 0 unspecified atom stereocenters. The summed E-state index contributed by atoms with van der Waals surface area (Å²) in [6.45, 7) is 6.60. The Morgan fingerprint density at radius 3 is 2.57 bits per heavy atom. The van der Waals surface area contributed by atoms with Gasteiger partial charge in [-0.05, 0) is 31.0 Å². The maximum Gasteiger partial charge on any atom is 0.282 e. The van der Waals surface area contributed by atoms with Gasteiger partial charge in [-0.3, -0.25) is 14.9 Å². The second-order valence-corrected chi connectivity index (χ2v) is 5.61. The Balaban J connectivity index is 3.16. The van der Waals surface area contributed by atoms with Gasteiger partial charge in [-0.25, -0.2) is 4.39 Å². The van der Waals surface area contributed by atoms with E-state index < -0.39 is 22.3 Å². The molecule has 0 aliphatic heterocycles. The molecule has 1 rings (SSSR count). The van der Waals surface area contributed by atoms with Gasteiger partial charge in [0.05, 0.1) is 4.92 Å². The molecule has 1 aromatic rings. The lowest BCUT2D eigenvalue weighted by molar-refractivity contribution is -0.385. The zero-order valence-electron chi connectivity index (χ0n) is 12.4. The van der Waals surface area contributed by atoms with Gasteiger partial charge in [0.2, 0.25) is 0 Å². The van der Waals surface area contributed by atoms with Crippen LogP contribution in [0, 0.1) is 21.3 Å². The lowest BCUT2D eigenvalue weighted by Crippen LogP contribution is -2.42. The van der Waals surface area contributed by atoms with Crippen molar-refractivity contribution in [3.05, 3.63) is 39.7 Å². The summed E-state index contributed by atoms with van der Waals surface area (Å²) in [5.41, 5.74) is 4.68. The fourth-order valence-corrected chi connectivity index (χ4v) is 1.92. The van der Waals surface area contributed by atoms with Gasteiger partial charge < -0.3 is 10.6 Å². The van der Waals surface area contributed by atoms with Crippen molar-refractivity contribution in [1.82, 2.24) is 4.90 Å². The van der Waals surface area contributed by atoms with Crippen LogP contribution in [-0.4, -0.2) is 35.4 Å². The Morgan fingerprint density at radius 2 is 2.10 bits per heavy atom. The summed E-state index contributed by atoms with van der Waals surface area (Å²) in [6, 6.07) is 2.87. The van der Waals surface area contributed by atoms with Crippen molar-refractivity contribution in [2.24, 2.45) is 11.1 Å². The molecule has 1 amide bonds. The number of hydrogen-bond donors (Lipinski definition) is 1. The van der Waals surface area contributed by atoms with Crippen molar-refractivity contribution in [2.75, 3.05) is 19.6 Å². The topological polar surface area (TPSA) is 89.5 Å². The number of nitro benzene ring substituents is 1. The van der Waals surface area contributed by atoms with Gasteiger partial charge in [0.25, 0.3) is 11.6 Å². The smallest absolute Gasteiger partial charge is 0.282 e. The summed E-state index contributed by atoms with van der Waals surface area (Å²) in [4.78, 5) is 24.2. The van der Waals surface area contributed by atoms with Crippen molar-refractivity contribution in [3.8, 4) is 0 Å². The van der Waals surface area contributed by atoms with Crippen molar-refractivity contribution in [2.45, 2.75) is 20.8 Å². The molecule has 0 fully saturated rings. The quantitative estimate of drug-likeness (QED) is 0.643. The van der Waals surface area contributed by atoms with E-state index in [2.05, 4.69) is 0 Å². The van der Waals surface area contributed by atoms with E-state index in [1.54, 1.807) is 6.92 Å². The molecule has 0 aliphatic rings. The molecule has 6 nitrogen and oxygen atoms in total. The molecule has 2 N–H and O–H groups in total. The molecule has 0 heterocycles. The van der Waals surface area contributed by atoms with E-state index >= 15 is 0 Å². The fourth-order valence-electron chi connectivity index (χ4n) is 1.92. The van der Waals surface area contributed by atoms with Crippen LogP contribution in [0.2, 0.25) is 0 Å². The number of benzene rings is 1. The van der Waals surface area contributed by atoms with Crippen LogP contribution in [0.4, 0.5) is 10.1 Å². The number of amides is 1. The molecular weight excluding hydrogens is 277 g/mol. The summed E-state index contributed by atoms with van der Waals surface area (Å²) < 4.78 is 13.3. The standard InChI is InChI=1S/C14H20FN3O3/c1-4-17(9-14(2,3)8-16)13(19)11-7-10(15)5-6-12(11)18(20)21/h5-7H,4,8-9,16H2,1-3H3. The number of nitro groups is 1. The van der Waals surface area contributed by atoms with Gasteiger partial charge in [0.1, 0.15) is 11.4 Å². The monoisotopic (exact) mass is 297 g/mol. The predicted octanol–water partition coefficient (Wildman–Crippen LogP) is 2.18. The Morgan fingerprint density at radius 1 is 1.48 bits per heavy atom. The predicted molar refractivity (Wildman–Crippen MR) is 77.5 cm³/mol. The molecule has 0 aliphatic carbocycles. The second kappa shape index (κ2) is 6.62. The Hall–Kier alpha value is -2.02. The molecule has 0 saturated carbocycles. The van der Waals surface area contributed by atoms with Gasteiger partial charge in [-0.15, -0.1) is 0 Å². The van der Waals surface area contributed by atoms with Crippen molar-refractivity contribution < 1.29 is 14.1 Å². The highest BCUT2D eigenvalue weighted by molar-refractivity contribution is 5.98. The number of carbonyl (C=O) groups excluding carboxylic acids is 1. The van der Waals surface area contributed by atoms with Crippen LogP contribution < -0.4 is 5.73 Å². The zero-order chi connectivity index (χ0) is 16.2. The van der Waals surface area contributed by atoms with E-state index in [0.29, 0.717) is 19.6 Å². The molecule has 116 valence electrons. The van der Waals surface area contributed by atoms with E-state index in [0.717, 1.165) is 18.2 Å². The van der Waals surface area contributed by atoms with Crippen molar-refractivity contribution in [3.63, 3.8) is 0 Å². The van der Waals surface area contributed by atoms with Crippen LogP contribution in [0.25, 0.3) is 0 Å². The summed E-state index contributed by atoms with van der Waals surface area (Å²) in [6.07, 6.45) is 0. The largest absolute Gasteiger partial charge is 0.338 e. The van der Waals surface area contributed by atoms with E-state index in [9.17, 15) is 19.3 Å². The highest BCUT2D eigenvalue weighted by Crippen LogP contribution is 2.23. The average Bonchev–Trinajstić information content (AvgIpc) is 2.43. The fraction of sp³-hybridized carbons (Fsp3) is 0.500. The third kappa shape index (κ3) is 4.22. The van der Waals surface area contributed by atoms with E-state index in [4.69, 9.17) is 5.73 Å². The first-order valence-electron chi connectivity index (χ1n) is 6.65. The summed E-state index contributed by atoms with van der Waals surface area (Å²) in [5.74, 6) is -1.25. The zero-order valence-corrected chi connectivity index (χ0v) is 12.4. The Labute approximate surface area is 122 Å². The molecule has 0 bridgehead atoms. The normalized spacial score (nSPS) is 11.3. The molecule has 1 aromatic carbocycles. The number of rotatable bonds is 6. The SMILES string of the molecule is CCN(CC(C)(C)CN)C(=O)c1cc(F)ccc1[N+](=O)[O-]. The minimum Gasteiger partial charge on any atom is -0.338 e. The van der Waals surface area contributed by atoms with E-state index in [1.165, 1.54) is 4.90 Å². The number of halogens is 1. The third-order valence-electron chi connectivity index (χ3n) is 3.23. The second-order valence-electron chi connectivity index (χ2n) is 5.61. The first-order valence-corrected chi connectivity index (χ1v) is 6.65. The first kappa shape index (κ1) is 17.0. The highest BCUT2D eigenvalue weighted by Gasteiger charge is 2.28. The van der Waals surface area contributed by atoms with Gasteiger partial charge in [0.15, 0.2) is 0 Å². The van der Waals surface area contributed by atoms with Crippen LogP contribution in [0.3, 0.4) is 0 Å². The summed E-state index contributed by atoms with van der Waals surface area (Å²) in [5, 5.41) is 11.0. The lowest BCUT2D eigenvalue weighted by Gasteiger charge is -2.31. The van der Waals surface area contributed by atoms with Crippen LogP contribution in [0.1, 0.15) is 31.1 Å². The van der Waals surface area contributed by atoms with Crippen molar-refractivity contribution in [1.29, 1.82) is 0 Å². The molecule has 0 radical (unpaired) electrons. The lowest BCUT2D eigenvalue weighted by atomic mass is 9.92. The summed E-state index contributed by atoms with van der Waals surface area (Å²) >= 11 is 0. The highest BCUT2D eigenvalue weighted by atomic mass is 19.1. The molecule has 0 spiro atoms. The average molecular weight is 297 g/mol. The minimum atomic E-state index is -0.686. The van der Waals surface area contributed by atoms with E-state index in [-0.39, 0.29) is 11.0 Å². The molecule has 0 atom stereocenters. The number of carbonyl (C=O) groups is 1. The molecule has 7 heteroatoms. The molecule has 0 aromatic heterocycles. The molecular formula is C14H20FN3O3. The first-order chi connectivity index (χ1) is 9.71. The van der Waals surface area contributed by atoms with E-state index in [1.807, 2.05) is 13.8 Å². The van der Waals surface area contributed by atoms with Gasteiger partial charge in [-0.2, -0.15) is 0 Å². The van der Waals surface area contributed by atoms with Gasteiger partial charge in [-0.1, -0.05) is 13.8 Å². The number of nitrogens with two attached hydrogens (primary N) is 1. The maximum absolute atomic E-state index is 13.3. The van der Waals surface area contributed by atoms with Crippen LogP contribution in [-0.2, 0) is 0 Å².